The Balaban J connectivity index is 2.23. The van der Waals surface area contributed by atoms with Crippen LogP contribution in [-0.4, -0.2) is 20.0 Å². The first-order valence-electron chi connectivity index (χ1n) is 7.65. The molecule has 1 fully saturated rings. The maximum atomic E-state index is 12.8. The highest BCUT2D eigenvalue weighted by atomic mass is 32.2. The minimum atomic E-state index is -3.47. The molecule has 21 heavy (non-hydrogen) atoms. The summed E-state index contributed by atoms with van der Waals surface area (Å²) in [5.74, 6) is 0. The van der Waals surface area contributed by atoms with E-state index in [-0.39, 0.29) is 5.54 Å². The van der Waals surface area contributed by atoms with E-state index in [1.807, 2.05) is 33.1 Å². The van der Waals surface area contributed by atoms with Crippen molar-refractivity contribution in [3.63, 3.8) is 0 Å². The van der Waals surface area contributed by atoms with E-state index >= 15 is 0 Å². The van der Waals surface area contributed by atoms with E-state index in [4.69, 9.17) is 0 Å². The maximum Gasteiger partial charge on any atom is 0.242 e. The average molecular weight is 331 g/mol. The second-order valence-electron chi connectivity index (χ2n) is 6.20. The number of hydrogen-bond donors (Lipinski definition) is 2. The molecule has 0 aliphatic heterocycles. The fourth-order valence-electron chi connectivity index (χ4n) is 2.26. The molecule has 0 atom stereocenters. The van der Waals surface area contributed by atoms with Gasteiger partial charge in [0.05, 0.1) is 0 Å². The third kappa shape index (κ3) is 4.06. The number of thiophene rings is 1. The molecule has 0 aromatic carbocycles. The van der Waals surface area contributed by atoms with Gasteiger partial charge in [-0.3, -0.25) is 0 Å². The summed E-state index contributed by atoms with van der Waals surface area (Å²) < 4.78 is 28.5. The number of hydrogen-bond acceptors (Lipinski definition) is 4. The highest BCUT2D eigenvalue weighted by Crippen LogP contribution is 2.30. The zero-order chi connectivity index (χ0) is 15.7. The molecule has 0 saturated heterocycles. The smallest absolute Gasteiger partial charge is 0.242 e. The Labute approximate surface area is 132 Å². The lowest BCUT2D eigenvalue weighted by Crippen LogP contribution is -2.45. The quantitative estimate of drug-likeness (QED) is 0.770. The Morgan fingerprint density at radius 1 is 1.33 bits per heavy atom. The third-order valence-electron chi connectivity index (χ3n) is 4.33. The summed E-state index contributed by atoms with van der Waals surface area (Å²) in [6, 6.07) is 0.576. The zero-order valence-electron chi connectivity index (χ0n) is 13.3. The predicted molar refractivity (Wildman–Crippen MR) is 88.2 cm³/mol. The highest BCUT2D eigenvalue weighted by molar-refractivity contribution is 7.89. The van der Waals surface area contributed by atoms with Crippen molar-refractivity contribution >= 4 is 21.4 Å². The van der Waals surface area contributed by atoms with E-state index in [1.165, 1.54) is 24.2 Å². The molecular formula is C15H26N2O2S2. The summed E-state index contributed by atoms with van der Waals surface area (Å²) in [6.07, 6.45) is 3.96. The largest absolute Gasteiger partial charge is 0.309 e. The topological polar surface area (TPSA) is 58.2 Å². The van der Waals surface area contributed by atoms with E-state index in [9.17, 15) is 8.42 Å². The SMILES string of the molecule is CCC(C)(CC)NS(=O)(=O)c1c(C)csc1CNC1CC1. The van der Waals surface area contributed by atoms with Crippen LogP contribution in [-0.2, 0) is 16.6 Å². The molecule has 1 heterocycles. The second kappa shape index (κ2) is 6.36. The third-order valence-corrected chi connectivity index (χ3v) is 7.43. The molecule has 2 rings (SSSR count). The second-order valence-corrected chi connectivity index (χ2v) is 8.78. The molecule has 1 saturated carbocycles. The first-order chi connectivity index (χ1) is 9.81. The first kappa shape index (κ1) is 16.9. The monoisotopic (exact) mass is 330 g/mol. The van der Waals surface area contributed by atoms with Crippen LogP contribution in [0.3, 0.4) is 0 Å². The van der Waals surface area contributed by atoms with Crippen molar-refractivity contribution in [2.45, 2.75) is 76.4 Å². The van der Waals surface area contributed by atoms with Crippen LogP contribution in [0.4, 0.5) is 0 Å². The lowest BCUT2D eigenvalue weighted by atomic mass is 9.98. The van der Waals surface area contributed by atoms with Gasteiger partial charge in [0.25, 0.3) is 0 Å². The van der Waals surface area contributed by atoms with Crippen molar-refractivity contribution in [1.29, 1.82) is 0 Å². The standard InChI is InChI=1S/C15H26N2O2S2/c1-5-15(4,6-2)17-21(18,19)14-11(3)10-20-13(14)9-16-12-7-8-12/h10,12,16-17H,5-9H2,1-4H3. The van der Waals surface area contributed by atoms with Crippen LogP contribution in [0.25, 0.3) is 0 Å². The average Bonchev–Trinajstić information content (AvgIpc) is 3.18. The Bertz CT molecular complexity index is 585. The van der Waals surface area contributed by atoms with Crippen molar-refractivity contribution in [3.8, 4) is 0 Å². The van der Waals surface area contributed by atoms with Crippen LogP contribution < -0.4 is 10.0 Å². The number of sulfonamides is 1. The summed E-state index contributed by atoms with van der Waals surface area (Å²) in [5, 5.41) is 5.35. The molecule has 4 nitrogen and oxygen atoms in total. The fourth-order valence-corrected chi connectivity index (χ4v) is 5.58. The van der Waals surface area contributed by atoms with Crippen LogP contribution in [0.5, 0.6) is 0 Å². The maximum absolute atomic E-state index is 12.8. The van der Waals surface area contributed by atoms with E-state index in [2.05, 4.69) is 10.0 Å². The van der Waals surface area contributed by atoms with Gasteiger partial charge in [0.2, 0.25) is 10.0 Å². The molecular weight excluding hydrogens is 304 g/mol. The number of aryl methyl sites for hydroxylation is 1. The first-order valence-corrected chi connectivity index (χ1v) is 10.0. The molecule has 2 N–H and O–H groups in total. The van der Waals surface area contributed by atoms with E-state index in [0.717, 1.165) is 23.3 Å². The van der Waals surface area contributed by atoms with Gasteiger partial charge in [-0.05, 0) is 50.5 Å². The summed E-state index contributed by atoms with van der Waals surface area (Å²) in [5.41, 5.74) is 0.462. The van der Waals surface area contributed by atoms with Gasteiger partial charge < -0.3 is 5.32 Å². The van der Waals surface area contributed by atoms with Gasteiger partial charge in [0.15, 0.2) is 0 Å². The van der Waals surface area contributed by atoms with E-state index in [0.29, 0.717) is 17.5 Å². The summed E-state index contributed by atoms with van der Waals surface area (Å²) in [4.78, 5) is 1.40. The van der Waals surface area contributed by atoms with Crippen LogP contribution >= 0.6 is 11.3 Å². The Hall–Kier alpha value is -0.430. The molecule has 0 unspecified atom stereocenters. The van der Waals surface area contributed by atoms with Crippen LogP contribution in [0.2, 0.25) is 0 Å². The number of nitrogens with one attached hydrogen (secondary N) is 2. The van der Waals surface area contributed by atoms with Gasteiger partial charge in [-0.1, -0.05) is 13.8 Å². The Morgan fingerprint density at radius 2 is 1.95 bits per heavy atom. The molecule has 1 aliphatic carbocycles. The lowest BCUT2D eigenvalue weighted by Gasteiger charge is -2.28. The highest BCUT2D eigenvalue weighted by Gasteiger charge is 2.31. The summed E-state index contributed by atoms with van der Waals surface area (Å²) >= 11 is 1.53. The predicted octanol–water partition coefficient (Wildman–Crippen LogP) is 3.17. The van der Waals surface area contributed by atoms with Crippen molar-refractivity contribution in [2.75, 3.05) is 0 Å². The molecule has 0 spiro atoms. The molecule has 0 amide bonds. The van der Waals surface area contributed by atoms with Gasteiger partial charge in [-0.2, -0.15) is 0 Å². The van der Waals surface area contributed by atoms with Gasteiger partial charge in [-0.15, -0.1) is 11.3 Å². The van der Waals surface area contributed by atoms with Crippen molar-refractivity contribution in [3.05, 3.63) is 15.8 Å². The minimum Gasteiger partial charge on any atom is -0.309 e. The minimum absolute atomic E-state index is 0.381. The van der Waals surface area contributed by atoms with Crippen molar-refractivity contribution in [1.82, 2.24) is 10.0 Å². The number of rotatable bonds is 8. The van der Waals surface area contributed by atoms with Gasteiger partial charge in [0.1, 0.15) is 4.90 Å². The van der Waals surface area contributed by atoms with Crippen LogP contribution in [0, 0.1) is 6.92 Å². The lowest BCUT2D eigenvalue weighted by molar-refractivity contribution is 0.388. The molecule has 1 aromatic rings. The van der Waals surface area contributed by atoms with E-state index in [1.54, 1.807) is 0 Å². The summed E-state index contributed by atoms with van der Waals surface area (Å²) in [6.45, 7) is 8.52. The molecule has 1 aliphatic rings. The Kier molecular flexibility index (Phi) is 5.13. The van der Waals surface area contributed by atoms with E-state index < -0.39 is 10.0 Å². The molecule has 6 heteroatoms. The van der Waals surface area contributed by atoms with Gasteiger partial charge >= 0.3 is 0 Å². The summed E-state index contributed by atoms with van der Waals surface area (Å²) in [7, 11) is -3.47. The zero-order valence-corrected chi connectivity index (χ0v) is 15.0. The van der Waals surface area contributed by atoms with Crippen molar-refractivity contribution in [2.24, 2.45) is 0 Å². The van der Waals surface area contributed by atoms with Gasteiger partial charge in [0, 0.05) is 23.0 Å². The van der Waals surface area contributed by atoms with Crippen LogP contribution in [0.15, 0.2) is 10.3 Å². The fraction of sp³-hybridized carbons (Fsp3) is 0.733. The molecule has 120 valence electrons. The van der Waals surface area contributed by atoms with Crippen LogP contribution in [0.1, 0.15) is 56.9 Å². The van der Waals surface area contributed by atoms with Crippen molar-refractivity contribution < 1.29 is 8.42 Å². The molecule has 0 radical (unpaired) electrons. The molecule has 0 bridgehead atoms. The normalized spacial score (nSPS) is 16.4. The van der Waals surface area contributed by atoms with Gasteiger partial charge in [-0.25, -0.2) is 13.1 Å². The molecule has 1 aromatic heterocycles. The Morgan fingerprint density at radius 3 is 2.48 bits per heavy atom.